The molecule has 1 N–H and O–H groups in total. The molecule has 0 bridgehead atoms. The highest BCUT2D eigenvalue weighted by Gasteiger charge is 2.10. The molecular weight excluding hydrogens is 255 g/mol. The molecule has 0 atom stereocenters. The highest BCUT2D eigenvalue weighted by atomic mass is 32.2. The van der Waals surface area contributed by atoms with Crippen molar-refractivity contribution in [3.8, 4) is 5.69 Å². The summed E-state index contributed by atoms with van der Waals surface area (Å²) in [5.74, 6) is -1.25. The number of hydrogen-bond donors (Lipinski definition) is 1. The van der Waals surface area contributed by atoms with Crippen LogP contribution in [-0.2, 0) is 4.79 Å². The quantitative estimate of drug-likeness (QED) is 0.864. The van der Waals surface area contributed by atoms with Gasteiger partial charge in [0.15, 0.2) is 5.16 Å². The van der Waals surface area contributed by atoms with E-state index < -0.39 is 5.97 Å². The first-order chi connectivity index (χ1) is 8.58. The summed E-state index contributed by atoms with van der Waals surface area (Å²) in [5.41, 5.74) is 1.56. The van der Waals surface area contributed by atoms with E-state index in [0.29, 0.717) is 5.16 Å². The van der Waals surface area contributed by atoms with Crippen molar-refractivity contribution in [3.05, 3.63) is 42.0 Å². The Kier molecular flexibility index (Phi) is 3.66. The van der Waals surface area contributed by atoms with E-state index in [0.717, 1.165) is 23.0 Å². The number of nitrogens with zero attached hydrogens (tertiary/aromatic N) is 2. The summed E-state index contributed by atoms with van der Waals surface area (Å²) in [4.78, 5) is 14.6. The second-order valence-electron chi connectivity index (χ2n) is 3.69. The zero-order valence-electron chi connectivity index (χ0n) is 9.63. The van der Waals surface area contributed by atoms with Crippen molar-refractivity contribution in [2.75, 3.05) is 5.75 Å². The van der Waals surface area contributed by atoms with E-state index in [1.165, 1.54) is 12.1 Å². The predicted molar refractivity (Wildman–Crippen MR) is 66.6 cm³/mol. The van der Waals surface area contributed by atoms with Gasteiger partial charge in [-0.25, -0.2) is 9.37 Å². The van der Waals surface area contributed by atoms with E-state index in [1.54, 1.807) is 30.0 Å². The van der Waals surface area contributed by atoms with Gasteiger partial charge >= 0.3 is 5.97 Å². The number of thioether (sulfide) groups is 1. The highest BCUT2D eigenvalue weighted by Crippen LogP contribution is 2.22. The fraction of sp³-hybridized carbons (Fsp3) is 0.167. The molecule has 1 heterocycles. The van der Waals surface area contributed by atoms with Crippen molar-refractivity contribution < 1.29 is 14.3 Å². The van der Waals surface area contributed by atoms with Gasteiger partial charge in [0.05, 0.1) is 11.4 Å². The molecule has 0 aliphatic carbocycles. The van der Waals surface area contributed by atoms with Crippen LogP contribution in [0.4, 0.5) is 4.39 Å². The summed E-state index contributed by atoms with van der Waals surface area (Å²) in [5, 5.41) is 9.23. The predicted octanol–water partition coefficient (Wildman–Crippen LogP) is 2.50. The van der Waals surface area contributed by atoms with Gasteiger partial charge in [-0.2, -0.15) is 0 Å². The standard InChI is InChI=1S/C12H11FN2O2S/c1-8-6-9(13)2-3-10(8)15-5-4-14-12(15)18-7-11(16)17/h2-6H,7H2,1H3,(H,16,17). The van der Waals surface area contributed by atoms with E-state index >= 15 is 0 Å². The molecule has 4 nitrogen and oxygen atoms in total. The number of aromatic nitrogens is 2. The van der Waals surface area contributed by atoms with Crippen molar-refractivity contribution in [2.45, 2.75) is 12.1 Å². The van der Waals surface area contributed by atoms with Crippen LogP contribution in [0.1, 0.15) is 5.56 Å². The van der Waals surface area contributed by atoms with Gasteiger partial charge in [-0.05, 0) is 30.7 Å². The van der Waals surface area contributed by atoms with E-state index in [4.69, 9.17) is 5.11 Å². The topological polar surface area (TPSA) is 55.1 Å². The van der Waals surface area contributed by atoms with Gasteiger partial charge in [0, 0.05) is 12.4 Å². The molecule has 0 fully saturated rings. The van der Waals surface area contributed by atoms with Gasteiger partial charge in [0.1, 0.15) is 5.82 Å². The number of imidazole rings is 1. The summed E-state index contributed by atoms with van der Waals surface area (Å²) in [6.45, 7) is 1.80. The summed E-state index contributed by atoms with van der Waals surface area (Å²) in [6, 6.07) is 4.45. The van der Waals surface area contributed by atoms with Gasteiger partial charge in [-0.15, -0.1) is 0 Å². The average Bonchev–Trinajstić information content (AvgIpc) is 2.74. The third-order valence-corrected chi connectivity index (χ3v) is 3.30. The minimum atomic E-state index is -0.898. The number of halogens is 1. The SMILES string of the molecule is Cc1cc(F)ccc1-n1ccnc1SCC(=O)O. The second-order valence-corrected chi connectivity index (χ2v) is 4.64. The monoisotopic (exact) mass is 266 g/mol. The third kappa shape index (κ3) is 2.70. The Morgan fingerprint density at radius 2 is 2.33 bits per heavy atom. The van der Waals surface area contributed by atoms with Crippen molar-refractivity contribution in [1.82, 2.24) is 9.55 Å². The Balaban J connectivity index is 2.33. The third-order valence-electron chi connectivity index (χ3n) is 2.35. The molecule has 1 aromatic heterocycles. The molecule has 0 unspecified atom stereocenters. The minimum absolute atomic E-state index is 0.0583. The van der Waals surface area contributed by atoms with Crippen LogP contribution in [0.2, 0.25) is 0 Å². The Labute approximate surface area is 107 Å². The smallest absolute Gasteiger partial charge is 0.313 e. The first kappa shape index (κ1) is 12.6. The first-order valence-corrected chi connectivity index (χ1v) is 6.21. The lowest BCUT2D eigenvalue weighted by molar-refractivity contribution is -0.133. The van der Waals surface area contributed by atoms with Gasteiger partial charge in [0.2, 0.25) is 0 Å². The Bertz CT molecular complexity index is 583. The van der Waals surface area contributed by atoms with E-state index in [2.05, 4.69) is 4.98 Å². The maximum atomic E-state index is 13.0. The molecule has 0 spiro atoms. The molecule has 18 heavy (non-hydrogen) atoms. The zero-order valence-corrected chi connectivity index (χ0v) is 10.4. The fourth-order valence-electron chi connectivity index (χ4n) is 1.60. The number of carboxylic acid groups (broad SMARTS) is 1. The van der Waals surface area contributed by atoms with Gasteiger partial charge in [-0.1, -0.05) is 11.8 Å². The molecule has 0 aliphatic heterocycles. The second kappa shape index (κ2) is 5.22. The van der Waals surface area contributed by atoms with Crippen LogP contribution >= 0.6 is 11.8 Å². The molecule has 0 aliphatic rings. The Morgan fingerprint density at radius 1 is 1.56 bits per heavy atom. The molecule has 94 valence electrons. The van der Waals surface area contributed by atoms with Crippen LogP contribution in [0, 0.1) is 12.7 Å². The van der Waals surface area contributed by atoms with Crippen LogP contribution in [0.3, 0.4) is 0 Å². The number of benzene rings is 1. The molecule has 0 amide bonds. The number of hydrogen-bond acceptors (Lipinski definition) is 3. The van der Waals surface area contributed by atoms with Gasteiger partial charge in [0.25, 0.3) is 0 Å². The molecule has 1 aromatic carbocycles. The molecule has 2 aromatic rings. The molecule has 2 rings (SSSR count). The van der Waals surface area contributed by atoms with Gasteiger partial charge < -0.3 is 5.11 Å². The van der Waals surface area contributed by atoms with Crippen LogP contribution in [0.5, 0.6) is 0 Å². The van der Waals surface area contributed by atoms with E-state index in [-0.39, 0.29) is 11.6 Å². The largest absolute Gasteiger partial charge is 0.481 e. The van der Waals surface area contributed by atoms with Crippen molar-refractivity contribution in [2.24, 2.45) is 0 Å². The van der Waals surface area contributed by atoms with E-state index in [1.807, 2.05) is 0 Å². The van der Waals surface area contributed by atoms with Crippen LogP contribution < -0.4 is 0 Å². The van der Waals surface area contributed by atoms with E-state index in [9.17, 15) is 9.18 Å². The number of carboxylic acids is 1. The van der Waals surface area contributed by atoms with Crippen LogP contribution in [0.25, 0.3) is 5.69 Å². The van der Waals surface area contributed by atoms with Crippen molar-refractivity contribution in [3.63, 3.8) is 0 Å². The van der Waals surface area contributed by atoms with Crippen LogP contribution in [0.15, 0.2) is 35.7 Å². The fourth-order valence-corrected chi connectivity index (χ4v) is 2.28. The Hall–Kier alpha value is -1.82. The maximum absolute atomic E-state index is 13.0. The Morgan fingerprint density at radius 3 is 3.00 bits per heavy atom. The molecule has 6 heteroatoms. The highest BCUT2D eigenvalue weighted by molar-refractivity contribution is 7.99. The number of rotatable bonds is 4. The lowest BCUT2D eigenvalue weighted by Gasteiger charge is -2.09. The minimum Gasteiger partial charge on any atom is -0.481 e. The summed E-state index contributed by atoms with van der Waals surface area (Å²) in [7, 11) is 0. The molecular formula is C12H11FN2O2S. The summed E-state index contributed by atoms with van der Waals surface area (Å²) < 4.78 is 14.8. The van der Waals surface area contributed by atoms with Crippen LogP contribution in [-0.4, -0.2) is 26.4 Å². The first-order valence-electron chi connectivity index (χ1n) is 5.22. The van der Waals surface area contributed by atoms with Crippen molar-refractivity contribution in [1.29, 1.82) is 0 Å². The lowest BCUT2D eigenvalue weighted by Crippen LogP contribution is -2.02. The number of aryl methyl sites for hydroxylation is 1. The van der Waals surface area contributed by atoms with Gasteiger partial charge in [-0.3, -0.25) is 9.36 Å². The van der Waals surface area contributed by atoms with Crippen molar-refractivity contribution >= 4 is 17.7 Å². The lowest BCUT2D eigenvalue weighted by atomic mass is 10.2. The summed E-state index contributed by atoms with van der Waals surface area (Å²) >= 11 is 1.13. The molecule has 0 radical (unpaired) electrons. The molecule has 0 saturated carbocycles. The number of aliphatic carboxylic acids is 1. The normalized spacial score (nSPS) is 10.6. The number of carbonyl (C=O) groups is 1. The summed E-state index contributed by atoms with van der Waals surface area (Å²) in [6.07, 6.45) is 3.32. The molecule has 0 saturated heterocycles. The zero-order chi connectivity index (χ0) is 13.1. The maximum Gasteiger partial charge on any atom is 0.313 e. The average molecular weight is 266 g/mol.